The number of hydrogen-bond acceptors (Lipinski definition) is 1. The Morgan fingerprint density at radius 2 is 1.93 bits per heavy atom. The van der Waals surface area contributed by atoms with Crippen molar-refractivity contribution in [3.63, 3.8) is 0 Å². The van der Waals surface area contributed by atoms with Gasteiger partial charge in [0, 0.05) is 0 Å². The molecule has 0 saturated heterocycles. The van der Waals surface area contributed by atoms with Crippen LogP contribution in [0.1, 0.15) is 28.8 Å². The molecular weight excluding hydrogens is 176 g/mol. The zero-order chi connectivity index (χ0) is 9.97. The summed E-state index contributed by atoms with van der Waals surface area (Å²) >= 11 is 0. The highest BCUT2D eigenvalue weighted by molar-refractivity contribution is 5.87. The number of benzene rings is 1. The Morgan fingerprint density at radius 1 is 1.29 bits per heavy atom. The van der Waals surface area contributed by atoms with Gasteiger partial charge in [-0.1, -0.05) is 24.3 Å². The number of rotatable bonds is 3. The molecule has 0 unspecified atom stereocenters. The molecule has 1 fully saturated rings. The Kier molecular flexibility index (Phi) is 2.35. The van der Waals surface area contributed by atoms with Crippen LogP contribution in [0.25, 0.3) is 6.08 Å². The van der Waals surface area contributed by atoms with E-state index >= 15 is 0 Å². The van der Waals surface area contributed by atoms with Gasteiger partial charge in [-0.05, 0) is 36.5 Å². The summed E-state index contributed by atoms with van der Waals surface area (Å²) in [5.41, 5.74) is 1.41. The van der Waals surface area contributed by atoms with Crippen molar-refractivity contribution in [2.75, 3.05) is 0 Å². The van der Waals surface area contributed by atoms with E-state index in [4.69, 9.17) is 5.11 Å². The first-order valence-electron chi connectivity index (χ1n) is 4.77. The Hall–Kier alpha value is -1.57. The molecule has 72 valence electrons. The summed E-state index contributed by atoms with van der Waals surface area (Å²) in [4.78, 5) is 10.6. The number of aromatic carboxylic acids is 1. The predicted molar refractivity (Wildman–Crippen MR) is 55.2 cm³/mol. The minimum atomic E-state index is -0.872. The van der Waals surface area contributed by atoms with Crippen molar-refractivity contribution in [2.45, 2.75) is 12.8 Å². The van der Waals surface area contributed by atoms with Crippen LogP contribution in [0.4, 0.5) is 0 Å². The van der Waals surface area contributed by atoms with E-state index in [9.17, 15) is 4.79 Å². The van der Waals surface area contributed by atoms with Crippen molar-refractivity contribution < 1.29 is 9.90 Å². The van der Waals surface area contributed by atoms with Crippen LogP contribution in [0.5, 0.6) is 0 Å². The number of allylic oxidation sites excluding steroid dienone is 1. The SMILES string of the molecule is O=C(O)c1ccc(C=CC2CC2)cc1. The fraction of sp³-hybridized carbons (Fsp3) is 0.250. The molecule has 14 heavy (non-hydrogen) atoms. The average Bonchev–Trinajstić information content (AvgIpc) is 2.99. The third-order valence-electron chi connectivity index (χ3n) is 2.34. The molecule has 1 N–H and O–H groups in total. The molecule has 1 aromatic carbocycles. The molecule has 0 heterocycles. The van der Waals surface area contributed by atoms with Gasteiger partial charge in [-0.25, -0.2) is 4.79 Å². The predicted octanol–water partition coefficient (Wildman–Crippen LogP) is 2.81. The molecule has 0 aromatic heterocycles. The van der Waals surface area contributed by atoms with Gasteiger partial charge in [-0.15, -0.1) is 0 Å². The van der Waals surface area contributed by atoms with Crippen LogP contribution in [-0.2, 0) is 0 Å². The largest absolute Gasteiger partial charge is 0.478 e. The molecule has 0 spiro atoms. The maximum absolute atomic E-state index is 10.6. The molecule has 1 aliphatic rings. The molecule has 0 bridgehead atoms. The minimum Gasteiger partial charge on any atom is -0.478 e. The first-order valence-corrected chi connectivity index (χ1v) is 4.77. The summed E-state index contributed by atoms with van der Waals surface area (Å²) in [7, 11) is 0. The van der Waals surface area contributed by atoms with Gasteiger partial charge in [0.1, 0.15) is 0 Å². The van der Waals surface area contributed by atoms with E-state index in [-0.39, 0.29) is 0 Å². The lowest BCUT2D eigenvalue weighted by Crippen LogP contribution is -1.94. The van der Waals surface area contributed by atoms with Gasteiger partial charge < -0.3 is 5.11 Å². The number of carboxylic acid groups (broad SMARTS) is 1. The maximum Gasteiger partial charge on any atom is 0.335 e. The van der Waals surface area contributed by atoms with Gasteiger partial charge in [-0.3, -0.25) is 0 Å². The highest BCUT2D eigenvalue weighted by Crippen LogP contribution is 2.30. The van der Waals surface area contributed by atoms with Crippen LogP contribution in [0.15, 0.2) is 30.3 Å². The summed E-state index contributed by atoms with van der Waals surface area (Å²) < 4.78 is 0. The number of hydrogen-bond donors (Lipinski definition) is 1. The van der Waals surface area contributed by atoms with Crippen molar-refractivity contribution in [2.24, 2.45) is 5.92 Å². The number of carbonyl (C=O) groups is 1. The van der Waals surface area contributed by atoms with Gasteiger partial charge in [0.05, 0.1) is 5.56 Å². The van der Waals surface area contributed by atoms with Crippen molar-refractivity contribution in [3.8, 4) is 0 Å². The van der Waals surface area contributed by atoms with Crippen LogP contribution in [0.2, 0.25) is 0 Å². The highest BCUT2D eigenvalue weighted by Gasteiger charge is 2.16. The molecule has 2 nitrogen and oxygen atoms in total. The lowest BCUT2D eigenvalue weighted by molar-refractivity contribution is 0.0697. The smallest absolute Gasteiger partial charge is 0.335 e. The normalized spacial score (nSPS) is 16.0. The lowest BCUT2D eigenvalue weighted by atomic mass is 10.1. The highest BCUT2D eigenvalue weighted by atomic mass is 16.4. The van der Waals surface area contributed by atoms with E-state index < -0.39 is 5.97 Å². The van der Waals surface area contributed by atoms with Crippen molar-refractivity contribution >= 4 is 12.0 Å². The first-order chi connectivity index (χ1) is 6.75. The van der Waals surface area contributed by atoms with Gasteiger partial charge >= 0.3 is 5.97 Å². The average molecular weight is 188 g/mol. The Bertz CT molecular complexity index is 358. The first kappa shape index (κ1) is 9.00. The monoisotopic (exact) mass is 188 g/mol. The van der Waals surface area contributed by atoms with Crippen LogP contribution >= 0.6 is 0 Å². The van der Waals surface area contributed by atoms with Crippen LogP contribution in [0, 0.1) is 5.92 Å². The van der Waals surface area contributed by atoms with Crippen molar-refractivity contribution in [1.29, 1.82) is 0 Å². The molecule has 1 aliphatic carbocycles. The quantitative estimate of drug-likeness (QED) is 0.791. The van der Waals surface area contributed by atoms with E-state index in [0.717, 1.165) is 11.5 Å². The molecular formula is C12H12O2. The third-order valence-corrected chi connectivity index (χ3v) is 2.34. The maximum atomic E-state index is 10.6. The summed E-state index contributed by atoms with van der Waals surface area (Å²) in [6, 6.07) is 6.94. The van der Waals surface area contributed by atoms with Gasteiger partial charge in [0.2, 0.25) is 0 Å². The molecule has 1 saturated carbocycles. The van der Waals surface area contributed by atoms with Gasteiger partial charge in [-0.2, -0.15) is 0 Å². The van der Waals surface area contributed by atoms with E-state index in [1.54, 1.807) is 12.1 Å². The van der Waals surface area contributed by atoms with Crippen LogP contribution in [0.3, 0.4) is 0 Å². The van der Waals surface area contributed by atoms with E-state index in [1.165, 1.54) is 12.8 Å². The zero-order valence-corrected chi connectivity index (χ0v) is 7.81. The Balaban J connectivity index is 2.08. The second-order valence-electron chi connectivity index (χ2n) is 3.62. The fourth-order valence-corrected chi connectivity index (χ4v) is 1.27. The van der Waals surface area contributed by atoms with Gasteiger partial charge in [0.15, 0.2) is 0 Å². The van der Waals surface area contributed by atoms with E-state index in [1.807, 2.05) is 12.1 Å². The molecule has 0 amide bonds. The molecule has 1 aromatic rings. The summed E-state index contributed by atoms with van der Waals surface area (Å²) in [5.74, 6) is -0.114. The lowest BCUT2D eigenvalue weighted by Gasteiger charge is -1.95. The van der Waals surface area contributed by atoms with Gasteiger partial charge in [0.25, 0.3) is 0 Å². The molecule has 0 radical (unpaired) electrons. The standard InChI is InChI=1S/C12H12O2/c13-12(14)11-7-5-10(6-8-11)4-3-9-1-2-9/h3-9H,1-2H2,(H,13,14). The minimum absolute atomic E-state index is 0.341. The van der Waals surface area contributed by atoms with E-state index in [2.05, 4.69) is 12.2 Å². The zero-order valence-electron chi connectivity index (χ0n) is 7.81. The second kappa shape index (κ2) is 3.66. The third kappa shape index (κ3) is 2.22. The Morgan fingerprint density at radius 3 is 2.43 bits per heavy atom. The molecule has 2 rings (SSSR count). The van der Waals surface area contributed by atoms with E-state index in [0.29, 0.717) is 5.56 Å². The number of carboxylic acids is 1. The fourth-order valence-electron chi connectivity index (χ4n) is 1.27. The second-order valence-corrected chi connectivity index (χ2v) is 3.62. The summed E-state index contributed by atoms with van der Waals surface area (Å²) in [6.07, 6.45) is 6.84. The van der Waals surface area contributed by atoms with Crippen molar-refractivity contribution in [1.82, 2.24) is 0 Å². The van der Waals surface area contributed by atoms with Crippen LogP contribution < -0.4 is 0 Å². The molecule has 2 heteroatoms. The molecule has 0 aliphatic heterocycles. The summed E-state index contributed by atoms with van der Waals surface area (Å²) in [5, 5.41) is 8.69. The Labute approximate surface area is 82.9 Å². The molecule has 0 atom stereocenters. The topological polar surface area (TPSA) is 37.3 Å². The van der Waals surface area contributed by atoms with Crippen molar-refractivity contribution in [3.05, 3.63) is 41.5 Å². The van der Waals surface area contributed by atoms with Crippen LogP contribution in [-0.4, -0.2) is 11.1 Å². The summed E-state index contributed by atoms with van der Waals surface area (Å²) in [6.45, 7) is 0.